The lowest BCUT2D eigenvalue weighted by Crippen LogP contribution is -2.52. The molecule has 0 radical (unpaired) electrons. The second-order valence-corrected chi connectivity index (χ2v) is 5.16. The number of aliphatic carboxylic acids is 1. The number of carbonyl (C=O) groups is 2. The fourth-order valence-electron chi connectivity index (χ4n) is 2.16. The van der Waals surface area contributed by atoms with Crippen molar-refractivity contribution in [3.8, 4) is 0 Å². The van der Waals surface area contributed by atoms with Gasteiger partial charge in [-0.1, -0.05) is 20.3 Å². The van der Waals surface area contributed by atoms with E-state index >= 15 is 0 Å². The van der Waals surface area contributed by atoms with Gasteiger partial charge in [-0.2, -0.15) is 0 Å². The van der Waals surface area contributed by atoms with E-state index in [9.17, 15) is 9.59 Å². The van der Waals surface area contributed by atoms with E-state index in [1.54, 1.807) is 0 Å². The summed E-state index contributed by atoms with van der Waals surface area (Å²) in [7, 11) is 0. The van der Waals surface area contributed by atoms with Gasteiger partial charge in [-0.3, -0.25) is 0 Å². The molecule has 0 aromatic rings. The number of ether oxygens (including phenoxy) is 1. The van der Waals surface area contributed by atoms with Crippen molar-refractivity contribution in [1.82, 2.24) is 10.6 Å². The zero-order chi connectivity index (χ0) is 14.4. The van der Waals surface area contributed by atoms with Crippen molar-refractivity contribution in [2.75, 3.05) is 6.61 Å². The first kappa shape index (κ1) is 15.8. The van der Waals surface area contributed by atoms with Crippen LogP contribution in [0.15, 0.2) is 0 Å². The molecule has 3 N–H and O–H groups in total. The third-order valence-corrected chi connectivity index (χ3v) is 3.65. The fourth-order valence-corrected chi connectivity index (χ4v) is 2.16. The molecule has 0 aromatic carbocycles. The molecule has 0 saturated carbocycles. The minimum atomic E-state index is -1.01. The minimum Gasteiger partial charge on any atom is -0.480 e. The third-order valence-electron chi connectivity index (χ3n) is 3.65. The van der Waals surface area contributed by atoms with E-state index in [2.05, 4.69) is 10.6 Å². The van der Waals surface area contributed by atoms with Crippen LogP contribution in [0.25, 0.3) is 0 Å². The van der Waals surface area contributed by atoms with Crippen molar-refractivity contribution < 1.29 is 19.4 Å². The summed E-state index contributed by atoms with van der Waals surface area (Å²) in [5.41, 5.74) is 0. The van der Waals surface area contributed by atoms with Crippen molar-refractivity contribution in [1.29, 1.82) is 0 Å². The van der Waals surface area contributed by atoms with Gasteiger partial charge in [0.2, 0.25) is 0 Å². The van der Waals surface area contributed by atoms with Gasteiger partial charge in [0, 0.05) is 6.61 Å². The highest BCUT2D eigenvalue weighted by molar-refractivity contribution is 5.82. The molecule has 4 atom stereocenters. The van der Waals surface area contributed by atoms with Crippen LogP contribution in [0.3, 0.4) is 0 Å². The summed E-state index contributed by atoms with van der Waals surface area (Å²) in [6.07, 6.45) is 2.65. The van der Waals surface area contributed by atoms with E-state index < -0.39 is 18.0 Å². The smallest absolute Gasteiger partial charge is 0.326 e. The SMILES string of the molecule is CCC(C)[C@H](NC(=O)NC(C)C1CCCO1)C(=O)O. The molecule has 1 aliphatic rings. The second-order valence-electron chi connectivity index (χ2n) is 5.16. The van der Waals surface area contributed by atoms with Crippen molar-refractivity contribution in [2.24, 2.45) is 5.92 Å². The third kappa shape index (κ3) is 4.70. The molecular weight excluding hydrogens is 248 g/mol. The maximum absolute atomic E-state index is 11.8. The zero-order valence-electron chi connectivity index (χ0n) is 11.8. The molecule has 19 heavy (non-hydrogen) atoms. The molecule has 1 saturated heterocycles. The molecule has 0 bridgehead atoms. The Hall–Kier alpha value is -1.30. The van der Waals surface area contributed by atoms with Gasteiger partial charge < -0.3 is 20.5 Å². The van der Waals surface area contributed by atoms with Crippen molar-refractivity contribution in [3.05, 3.63) is 0 Å². The highest BCUT2D eigenvalue weighted by Crippen LogP contribution is 2.15. The average molecular weight is 272 g/mol. The van der Waals surface area contributed by atoms with Crippen LogP contribution in [0.1, 0.15) is 40.0 Å². The Morgan fingerprint density at radius 2 is 2.05 bits per heavy atom. The number of carboxylic acids is 1. The van der Waals surface area contributed by atoms with E-state index in [1.807, 2.05) is 20.8 Å². The van der Waals surface area contributed by atoms with E-state index in [-0.39, 0.29) is 18.1 Å². The van der Waals surface area contributed by atoms with Gasteiger partial charge in [0.1, 0.15) is 6.04 Å². The largest absolute Gasteiger partial charge is 0.480 e. The lowest BCUT2D eigenvalue weighted by Gasteiger charge is -2.24. The molecule has 0 spiro atoms. The number of rotatable bonds is 6. The first-order chi connectivity index (χ1) is 8.95. The van der Waals surface area contributed by atoms with Gasteiger partial charge in [-0.15, -0.1) is 0 Å². The molecular formula is C13H24N2O4. The number of carboxylic acid groups (broad SMARTS) is 1. The number of carbonyl (C=O) groups excluding carboxylic acids is 1. The van der Waals surface area contributed by atoms with Crippen molar-refractivity contribution in [2.45, 2.75) is 58.2 Å². The number of hydrogen-bond donors (Lipinski definition) is 3. The van der Waals surface area contributed by atoms with E-state index in [0.29, 0.717) is 6.42 Å². The Kier molecular flexibility index (Phi) is 6.08. The molecule has 1 fully saturated rings. The Morgan fingerprint density at radius 3 is 2.53 bits per heavy atom. The van der Waals surface area contributed by atoms with Gasteiger partial charge in [-0.05, 0) is 25.7 Å². The first-order valence-electron chi connectivity index (χ1n) is 6.87. The fraction of sp³-hybridized carbons (Fsp3) is 0.846. The summed E-state index contributed by atoms with van der Waals surface area (Å²) in [6, 6.07) is -1.42. The quantitative estimate of drug-likeness (QED) is 0.681. The van der Waals surface area contributed by atoms with E-state index in [0.717, 1.165) is 19.4 Å². The topological polar surface area (TPSA) is 87.7 Å². The van der Waals surface area contributed by atoms with Crippen LogP contribution in [-0.2, 0) is 9.53 Å². The Balaban J connectivity index is 2.45. The minimum absolute atomic E-state index is 0.0256. The van der Waals surface area contributed by atoms with Gasteiger partial charge in [0.25, 0.3) is 0 Å². The summed E-state index contributed by atoms with van der Waals surface area (Å²) >= 11 is 0. The Labute approximate surface area is 113 Å². The molecule has 0 aliphatic carbocycles. The van der Waals surface area contributed by atoms with Crippen LogP contribution < -0.4 is 10.6 Å². The lowest BCUT2D eigenvalue weighted by molar-refractivity contribution is -0.140. The monoisotopic (exact) mass is 272 g/mol. The van der Waals surface area contributed by atoms with Crippen LogP contribution in [-0.4, -0.2) is 41.9 Å². The molecule has 2 amide bonds. The van der Waals surface area contributed by atoms with Crippen LogP contribution in [0.4, 0.5) is 4.79 Å². The second kappa shape index (κ2) is 7.33. The van der Waals surface area contributed by atoms with Crippen molar-refractivity contribution >= 4 is 12.0 Å². The van der Waals surface area contributed by atoms with Crippen LogP contribution in [0, 0.1) is 5.92 Å². The lowest BCUT2D eigenvalue weighted by atomic mass is 9.99. The van der Waals surface area contributed by atoms with Crippen LogP contribution in [0.5, 0.6) is 0 Å². The van der Waals surface area contributed by atoms with E-state index in [4.69, 9.17) is 9.84 Å². The zero-order valence-corrected chi connectivity index (χ0v) is 11.8. The molecule has 1 aliphatic heterocycles. The molecule has 6 heteroatoms. The Bertz CT molecular complexity index is 316. The first-order valence-corrected chi connectivity index (χ1v) is 6.87. The number of hydrogen-bond acceptors (Lipinski definition) is 3. The number of amides is 2. The molecule has 0 aromatic heterocycles. The van der Waals surface area contributed by atoms with Crippen LogP contribution in [0.2, 0.25) is 0 Å². The predicted molar refractivity (Wildman–Crippen MR) is 71.0 cm³/mol. The highest BCUT2D eigenvalue weighted by atomic mass is 16.5. The number of nitrogens with one attached hydrogen (secondary N) is 2. The normalized spacial score (nSPS) is 23.4. The van der Waals surface area contributed by atoms with Crippen LogP contribution >= 0.6 is 0 Å². The maximum atomic E-state index is 11.8. The summed E-state index contributed by atoms with van der Waals surface area (Å²) < 4.78 is 5.48. The van der Waals surface area contributed by atoms with Gasteiger partial charge in [0.15, 0.2) is 0 Å². The molecule has 6 nitrogen and oxygen atoms in total. The van der Waals surface area contributed by atoms with Gasteiger partial charge in [-0.25, -0.2) is 9.59 Å². The summed E-state index contributed by atoms with van der Waals surface area (Å²) in [5.74, 6) is -1.12. The number of urea groups is 1. The van der Waals surface area contributed by atoms with Gasteiger partial charge >= 0.3 is 12.0 Å². The maximum Gasteiger partial charge on any atom is 0.326 e. The molecule has 1 heterocycles. The van der Waals surface area contributed by atoms with Gasteiger partial charge in [0.05, 0.1) is 12.1 Å². The molecule has 1 rings (SSSR count). The highest BCUT2D eigenvalue weighted by Gasteiger charge is 2.28. The summed E-state index contributed by atoms with van der Waals surface area (Å²) in [6.45, 7) is 6.30. The molecule has 3 unspecified atom stereocenters. The van der Waals surface area contributed by atoms with Crippen molar-refractivity contribution in [3.63, 3.8) is 0 Å². The average Bonchev–Trinajstić information content (AvgIpc) is 2.88. The summed E-state index contributed by atoms with van der Waals surface area (Å²) in [5, 5.41) is 14.4. The summed E-state index contributed by atoms with van der Waals surface area (Å²) in [4.78, 5) is 22.9. The van der Waals surface area contributed by atoms with E-state index in [1.165, 1.54) is 0 Å². The Morgan fingerprint density at radius 1 is 1.37 bits per heavy atom. The molecule has 110 valence electrons. The predicted octanol–water partition coefficient (Wildman–Crippen LogP) is 1.35. The standard InChI is InChI=1S/C13H24N2O4/c1-4-8(2)11(12(16)17)15-13(18)14-9(3)10-6-5-7-19-10/h8-11H,4-7H2,1-3H3,(H,16,17)(H2,14,15,18)/t8?,9?,10?,11-/m0/s1.